The van der Waals surface area contributed by atoms with Gasteiger partial charge < -0.3 is 10.1 Å². The van der Waals surface area contributed by atoms with E-state index < -0.39 is 0 Å². The largest absolute Gasteiger partial charge is 0.377 e. The van der Waals surface area contributed by atoms with Crippen LogP contribution >= 0.6 is 23.2 Å². The number of carbonyl (C=O) groups excluding carboxylic acids is 1. The van der Waals surface area contributed by atoms with Gasteiger partial charge in [-0.05, 0) is 32.0 Å². The summed E-state index contributed by atoms with van der Waals surface area (Å²) in [5.41, 5.74) is 1.97. The van der Waals surface area contributed by atoms with Crippen molar-refractivity contribution in [3.05, 3.63) is 40.0 Å². The monoisotopic (exact) mass is 355 g/mol. The van der Waals surface area contributed by atoms with Gasteiger partial charge in [0, 0.05) is 19.2 Å². The van der Waals surface area contributed by atoms with Gasteiger partial charge in [-0.15, -0.1) is 0 Å². The summed E-state index contributed by atoms with van der Waals surface area (Å²) in [6.45, 7) is 4.81. The minimum Gasteiger partial charge on any atom is -0.377 e. The highest BCUT2D eigenvalue weighted by Gasteiger charge is 2.14. The van der Waals surface area contributed by atoms with Gasteiger partial charge in [0.05, 0.1) is 28.5 Å². The Morgan fingerprint density at radius 1 is 1.30 bits per heavy atom. The van der Waals surface area contributed by atoms with Crippen LogP contribution in [0.15, 0.2) is 24.3 Å². The molecule has 0 aliphatic carbocycles. The zero-order valence-corrected chi connectivity index (χ0v) is 14.8. The van der Waals surface area contributed by atoms with Gasteiger partial charge in [-0.3, -0.25) is 9.48 Å². The molecule has 0 saturated carbocycles. The van der Waals surface area contributed by atoms with E-state index in [2.05, 4.69) is 10.4 Å². The molecule has 7 heteroatoms. The Morgan fingerprint density at radius 3 is 2.70 bits per heavy atom. The van der Waals surface area contributed by atoms with E-state index in [0.29, 0.717) is 28.9 Å². The molecule has 0 bridgehead atoms. The summed E-state index contributed by atoms with van der Waals surface area (Å²) in [5.74, 6) is -0.237. The molecule has 1 amide bonds. The molecular weight excluding hydrogens is 337 g/mol. The van der Waals surface area contributed by atoms with Crippen molar-refractivity contribution in [2.45, 2.75) is 20.0 Å². The van der Waals surface area contributed by atoms with Crippen LogP contribution in [0.5, 0.6) is 0 Å². The molecule has 2 aromatic rings. The molecule has 0 aliphatic rings. The number of nitrogens with one attached hydrogen (secondary N) is 1. The van der Waals surface area contributed by atoms with Crippen molar-refractivity contribution in [2.24, 2.45) is 7.05 Å². The third kappa shape index (κ3) is 4.70. The highest BCUT2D eigenvalue weighted by atomic mass is 35.5. The van der Waals surface area contributed by atoms with E-state index in [1.165, 1.54) is 0 Å². The van der Waals surface area contributed by atoms with Gasteiger partial charge >= 0.3 is 0 Å². The fourth-order valence-corrected chi connectivity index (χ4v) is 2.35. The molecule has 5 nitrogen and oxygen atoms in total. The molecule has 124 valence electrons. The summed E-state index contributed by atoms with van der Waals surface area (Å²) < 4.78 is 7.02. The lowest BCUT2D eigenvalue weighted by Gasteiger charge is -2.07. The number of aryl methyl sites for hydroxylation is 1. The smallest absolute Gasteiger partial charge is 0.271 e. The fourth-order valence-electron chi connectivity index (χ4n) is 2.05. The molecular formula is C16H19Cl2N3O2. The molecule has 1 aromatic heterocycles. The number of amides is 1. The Bertz CT molecular complexity index is 699. The van der Waals surface area contributed by atoms with Crippen molar-refractivity contribution >= 4 is 29.1 Å². The van der Waals surface area contributed by atoms with Crippen LogP contribution in [0.3, 0.4) is 0 Å². The summed E-state index contributed by atoms with van der Waals surface area (Å²) in [4.78, 5) is 12.1. The summed E-state index contributed by atoms with van der Waals surface area (Å²) in [6, 6.07) is 7.02. The molecule has 1 N–H and O–H groups in total. The van der Waals surface area contributed by atoms with Gasteiger partial charge in [0.15, 0.2) is 5.69 Å². The summed E-state index contributed by atoms with van der Waals surface area (Å²) in [7, 11) is 1.77. The third-order valence-corrected chi connectivity index (χ3v) is 3.91. The van der Waals surface area contributed by atoms with Gasteiger partial charge in [0.1, 0.15) is 0 Å². The number of nitrogens with zero attached hydrogens (tertiary/aromatic N) is 2. The Labute approximate surface area is 145 Å². The topological polar surface area (TPSA) is 56.1 Å². The van der Waals surface area contributed by atoms with Gasteiger partial charge in [-0.2, -0.15) is 5.10 Å². The first kappa shape index (κ1) is 17.8. The first-order valence-corrected chi connectivity index (χ1v) is 8.03. The van der Waals surface area contributed by atoms with E-state index >= 15 is 0 Å². The first-order chi connectivity index (χ1) is 10.9. The van der Waals surface area contributed by atoms with Crippen molar-refractivity contribution in [3.63, 3.8) is 0 Å². The number of hydrogen-bond donors (Lipinski definition) is 1. The molecule has 0 saturated heterocycles. The maximum atomic E-state index is 12.1. The zero-order valence-electron chi connectivity index (χ0n) is 13.3. The predicted octanol–water partition coefficient (Wildman–Crippen LogP) is 3.55. The molecule has 0 spiro atoms. The highest BCUT2D eigenvalue weighted by Crippen LogP contribution is 2.28. The molecule has 1 aromatic carbocycles. The number of hydrogen-bond acceptors (Lipinski definition) is 3. The Hall–Kier alpha value is -1.56. The molecule has 0 radical (unpaired) electrons. The number of aromatic nitrogens is 2. The summed E-state index contributed by atoms with van der Waals surface area (Å²) in [5, 5.41) is 7.97. The Morgan fingerprint density at radius 2 is 2.04 bits per heavy atom. The van der Waals surface area contributed by atoms with Crippen LogP contribution in [0.25, 0.3) is 11.3 Å². The van der Waals surface area contributed by atoms with Gasteiger partial charge in [0.25, 0.3) is 5.91 Å². The van der Waals surface area contributed by atoms with E-state index in [9.17, 15) is 4.79 Å². The average molecular weight is 356 g/mol. The van der Waals surface area contributed by atoms with E-state index in [0.717, 1.165) is 11.3 Å². The van der Waals surface area contributed by atoms with E-state index in [-0.39, 0.29) is 12.0 Å². The fraction of sp³-hybridized carbons (Fsp3) is 0.375. The maximum Gasteiger partial charge on any atom is 0.271 e. The number of benzene rings is 1. The second-order valence-corrected chi connectivity index (χ2v) is 6.16. The molecule has 0 atom stereocenters. The summed E-state index contributed by atoms with van der Waals surface area (Å²) in [6.07, 6.45) is 0.142. The van der Waals surface area contributed by atoms with Gasteiger partial charge in [0.2, 0.25) is 0 Å². The number of halogens is 2. The molecule has 1 heterocycles. The average Bonchev–Trinajstić information content (AvgIpc) is 2.88. The van der Waals surface area contributed by atoms with Crippen molar-refractivity contribution < 1.29 is 9.53 Å². The normalized spacial score (nSPS) is 11.0. The van der Waals surface area contributed by atoms with Crippen LogP contribution in [0.4, 0.5) is 0 Å². The zero-order chi connectivity index (χ0) is 17.0. The first-order valence-electron chi connectivity index (χ1n) is 7.27. The second-order valence-electron chi connectivity index (χ2n) is 5.34. The minimum absolute atomic E-state index is 0.142. The van der Waals surface area contributed by atoms with Crippen LogP contribution in [0.1, 0.15) is 24.3 Å². The van der Waals surface area contributed by atoms with Crippen LogP contribution in [0, 0.1) is 0 Å². The quantitative estimate of drug-likeness (QED) is 0.806. The third-order valence-electron chi connectivity index (χ3n) is 3.17. The Kier molecular flexibility index (Phi) is 6.04. The lowest BCUT2D eigenvalue weighted by molar-refractivity contribution is 0.0744. The lowest BCUT2D eigenvalue weighted by Crippen LogP contribution is -2.28. The van der Waals surface area contributed by atoms with E-state index in [1.807, 2.05) is 19.9 Å². The van der Waals surface area contributed by atoms with E-state index in [1.54, 1.807) is 29.9 Å². The van der Waals surface area contributed by atoms with Crippen LogP contribution < -0.4 is 5.32 Å². The van der Waals surface area contributed by atoms with Crippen LogP contribution in [-0.4, -0.2) is 34.9 Å². The van der Waals surface area contributed by atoms with Crippen molar-refractivity contribution in [2.75, 3.05) is 13.2 Å². The van der Waals surface area contributed by atoms with Crippen LogP contribution in [-0.2, 0) is 11.8 Å². The second kappa shape index (κ2) is 7.81. The maximum absolute atomic E-state index is 12.1. The summed E-state index contributed by atoms with van der Waals surface area (Å²) >= 11 is 12.0. The number of ether oxygens (including phenoxy) is 1. The Balaban J connectivity index is 2.08. The van der Waals surface area contributed by atoms with Crippen LogP contribution in [0.2, 0.25) is 10.0 Å². The van der Waals surface area contributed by atoms with E-state index in [4.69, 9.17) is 27.9 Å². The van der Waals surface area contributed by atoms with Gasteiger partial charge in [-0.25, -0.2) is 0 Å². The minimum atomic E-state index is -0.237. The standard InChI is InChI=1S/C16H19Cl2N3O2/c1-10(2)23-7-6-19-16(22)14-9-15(21(3)20-14)11-4-5-12(17)13(18)8-11/h4-5,8-10H,6-7H2,1-3H3,(H,19,22). The molecule has 0 fully saturated rings. The SMILES string of the molecule is CC(C)OCCNC(=O)c1cc(-c2ccc(Cl)c(Cl)c2)n(C)n1. The number of carbonyl (C=O) groups is 1. The lowest BCUT2D eigenvalue weighted by atomic mass is 10.1. The van der Waals surface area contributed by atoms with Crippen molar-refractivity contribution in [1.82, 2.24) is 15.1 Å². The molecule has 23 heavy (non-hydrogen) atoms. The van der Waals surface area contributed by atoms with Crippen molar-refractivity contribution in [1.29, 1.82) is 0 Å². The molecule has 0 aliphatic heterocycles. The molecule has 0 unspecified atom stereocenters. The number of rotatable bonds is 6. The van der Waals surface area contributed by atoms with Gasteiger partial charge in [-0.1, -0.05) is 29.3 Å². The molecule has 2 rings (SSSR count). The predicted molar refractivity (Wildman–Crippen MR) is 92.1 cm³/mol. The van der Waals surface area contributed by atoms with Crippen molar-refractivity contribution in [3.8, 4) is 11.3 Å². The highest BCUT2D eigenvalue weighted by molar-refractivity contribution is 6.42.